The highest BCUT2D eigenvalue weighted by Crippen LogP contribution is 2.21. The van der Waals surface area contributed by atoms with Gasteiger partial charge in [-0.15, -0.1) is 0 Å². The SMILES string of the molecule is CCC(=O)N[C@@H](Cc1ccc(O)c(C(=O)CC)c1)C(=O)O. The van der Waals surface area contributed by atoms with E-state index in [4.69, 9.17) is 5.11 Å². The van der Waals surface area contributed by atoms with E-state index in [0.29, 0.717) is 5.56 Å². The minimum absolute atomic E-state index is 0.0470. The van der Waals surface area contributed by atoms with Crippen LogP contribution < -0.4 is 5.32 Å². The Bertz CT molecular complexity index is 553. The highest BCUT2D eigenvalue weighted by atomic mass is 16.4. The minimum atomic E-state index is -1.15. The summed E-state index contributed by atoms with van der Waals surface area (Å²) in [7, 11) is 0. The predicted molar refractivity (Wildman–Crippen MR) is 76.3 cm³/mol. The van der Waals surface area contributed by atoms with Gasteiger partial charge in [-0.1, -0.05) is 19.9 Å². The Morgan fingerprint density at radius 1 is 1.19 bits per heavy atom. The van der Waals surface area contributed by atoms with Gasteiger partial charge in [0.1, 0.15) is 11.8 Å². The molecule has 114 valence electrons. The number of rotatable bonds is 7. The average Bonchev–Trinajstić information content (AvgIpc) is 2.47. The normalized spacial score (nSPS) is 11.7. The fourth-order valence-electron chi connectivity index (χ4n) is 1.86. The second kappa shape index (κ2) is 7.42. The van der Waals surface area contributed by atoms with Crippen molar-refractivity contribution in [1.29, 1.82) is 0 Å². The van der Waals surface area contributed by atoms with Crippen LogP contribution in [0.2, 0.25) is 0 Å². The molecule has 1 aromatic carbocycles. The molecule has 0 bridgehead atoms. The summed E-state index contributed by atoms with van der Waals surface area (Å²) in [6.07, 6.45) is 0.482. The van der Waals surface area contributed by atoms with E-state index < -0.39 is 12.0 Å². The van der Waals surface area contributed by atoms with Crippen LogP contribution in [0.3, 0.4) is 0 Å². The number of aliphatic carboxylic acids is 1. The molecule has 3 N–H and O–H groups in total. The van der Waals surface area contributed by atoms with Gasteiger partial charge in [-0.2, -0.15) is 0 Å². The van der Waals surface area contributed by atoms with Gasteiger partial charge in [0.05, 0.1) is 5.56 Å². The topological polar surface area (TPSA) is 104 Å². The largest absolute Gasteiger partial charge is 0.507 e. The van der Waals surface area contributed by atoms with Gasteiger partial charge in [0, 0.05) is 19.3 Å². The number of hydrogen-bond acceptors (Lipinski definition) is 4. The first kappa shape index (κ1) is 16.7. The molecule has 6 heteroatoms. The number of carboxylic acids is 1. The number of aromatic hydroxyl groups is 1. The number of Topliss-reactive ketones (excluding diaryl/α,β-unsaturated/α-hetero) is 1. The Morgan fingerprint density at radius 2 is 1.86 bits per heavy atom. The third-order valence-electron chi connectivity index (χ3n) is 3.08. The van der Waals surface area contributed by atoms with Crippen LogP contribution >= 0.6 is 0 Å². The van der Waals surface area contributed by atoms with E-state index in [9.17, 15) is 19.5 Å². The minimum Gasteiger partial charge on any atom is -0.507 e. The summed E-state index contributed by atoms with van der Waals surface area (Å²) in [4.78, 5) is 34.2. The lowest BCUT2D eigenvalue weighted by Gasteiger charge is -2.15. The summed E-state index contributed by atoms with van der Waals surface area (Å²) in [5, 5.41) is 21.2. The number of amides is 1. The summed E-state index contributed by atoms with van der Waals surface area (Å²) in [5.41, 5.74) is 0.731. The van der Waals surface area contributed by atoms with Gasteiger partial charge in [-0.3, -0.25) is 9.59 Å². The van der Waals surface area contributed by atoms with Gasteiger partial charge in [0.15, 0.2) is 5.78 Å². The predicted octanol–water partition coefficient (Wildman–Crippen LogP) is 1.51. The highest BCUT2D eigenvalue weighted by Gasteiger charge is 2.20. The Labute approximate surface area is 122 Å². The van der Waals surface area contributed by atoms with Crippen LogP contribution in [0.15, 0.2) is 18.2 Å². The van der Waals surface area contributed by atoms with Crippen LogP contribution in [0.4, 0.5) is 0 Å². The van der Waals surface area contributed by atoms with E-state index in [1.165, 1.54) is 18.2 Å². The van der Waals surface area contributed by atoms with E-state index in [1.54, 1.807) is 13.8 Å². The smallest absolute Gasteiger partial charge is 0.326 e. The number of phenolic OH excluding ortho intramolecular Hbond substituents is 1. The number of carbonyl (C=O) groups is 3. The van der Waals surface area contributed by atoms with Crippen molar-refractivity contribution in [3.05, 3.63) is 29.3 Å². The number of benzene rings is 1. The zero-order valence-electron chi connectivity index (χ0n) is 12.0. The van der Waals surface area contributed by atoms with Gasteiger partial charge >= 0.3 is 5.97 Å². The highest BCUT2D eigenvalue weighted by molar-refractivity contribution is 5.98. The maximum absolute atomic E-state index is 11.7. The maximum atomic E-state index is 11.7. The molecule has 0 aliphatic heterocycles. The van der Waals surface area contributed by atoms with Crippen molar-refractivity contribution >= 4 is 17.7 Å². The third-order valence-corrected chi connectivity index (χ3v) is 3.08. The Morgan fingerprint density at radius 3 is 2.38 bits per heavy atom. The standard InChI is InChI=1S/C15H19NO5/c1-3-12(17)10-7-9(5-6-13(10)18)8-11(15(20)21)16-14(19)4-2/h5-7,11,18H,3-4,8H2,1-2H3,(H,16,19)(H,20,21)/t11-/m0/s1. The zero-order chi connectivity index (χ0) is 16.0. The lowest BCUT2D eigenvalue weighted by atomic mass is 10.00. The number of hydrogen-bond donors (Lipinski definition) is 3. The fourth-order valence-corrected chi connectivity index (χ4v) is 1.86. The van der Waals surface area contributed by atoms with E-state index in [0.717, 1.165) is 0 Å². The molecule has 1 aromatic rings. The summed E-state index contributed by atoms with van der Waals surface area (Å²) < 4.78 is 0. The molecule has 0 unspecified atom stereocenters. The molecule has 0 radical (unpaired) electrons. The summed E-state index contributed by atoms with van der Waals surface area (Å²) in [6.45, 7) is 3.31. The van der Waals surface area contributed by atoms with E-state index in [-0.39, 0.29) is 42.3 Å². The van der Waals surface area contributed by atoms with Crippen molar-refractivity contribution in [1.82, 2.24) is 5.32 Å². The molecule has 1 rings (SSSR count). The zero-order valence-corrected chi connectivity index (χ0v) is 12.0. The molecule has 0 saturated heterocycles. The first-order valence-electron chi connectivity index (χ1n) is 6.76. The monoisotopic (exact) mass is 293 g/mol. The fraction of sp³-hybridized carbons (Fsp3) is 0.400. The van der Waals surface area contributed by atoms with Crippen molar-refractivity contribution in [2.75, 3.05) is 0 Å². The molecule has 21 heavy (non-hydrogen) atoms. The van der Waals surface area contributed by atoms with Crippen LogP contribution in [-0.4, -0.2) is 33.9 Å². The van der Waals surface area contributed by atoms with Crippen molar-refractivity contribution in [3.8, 4) is 5.75 Å². The van der Waals surface area contributed by atoms with Crippen LogP contribution in [0.5, 0.6) is 5.75 Å². The molecule has 0 fully saturated rings. The number of phenols is 1. The number of ketones is 1. The summed E-state index contributed by atoms with van der Waals surface area (Å²) in [6, 6.07) is 3.30. The van der Waals surface area contributed by atoms with Crippen molar-refractivity contribution in [2.24, 2.45) is 0 Å². The van der Waals surface area contributed by atoms with Gasteiger partial charge in [-0.05, 0) is 17.7 Å². The van der Waals surface area contributed by atoms with Crippen LogP contribution in [0.1, 0.15) is 42.6 Å². The van der Waals surface area contributed by atoms with Crippen LogP contribution in [0, 0.1) is 0 Å². The van der Waals surface area contributed by atoms with E-state index in [1.807, 2.05) is 0 Å². The van der Waals surface area contributed by atoms with Gasteiger partial charge in [0.25, 0.3) is 0 Å². The molecule has 0 aliphatic carbocycles. The first-order valence-corrected chi connectivity index (χ1v) is 6.76. The van der Waals surface area contributed by atoms with Crippen molar-refractivity contribution in [2.45, 2.75) is 39.2 Å². The number of nitrogens with one attached hydrogen (secondary N) is 1. The van der Waals surface area contributed by atoms with Gasteiger partial charge in [0.2, 0.25) is 5.91 Å². The number of carbonyl (C=O) groups excluding carboxylic acids is 2. The van der Waals surface area contributed by atoms with E-state index in [2.05, 4.69) is 5.32 Å². The molecular weight excluding hydrogens is 274 g/mol. The van der Waals surface area contributed by atoms with Crippen LogP contribution in [0.25, 0.3) is 0 Å². The Kier molecular flexibility index (Phi) is 5.90. The molecule has 1 atom stereocenters. The molecule has 0 aliphatic rings. The Balaban J connectivity index is 2.96. The third kappa shape index (κ3) is 4.59. The quantitative estimate of drug-likeness (QED) is 0.661. The van der Waals surface area contributed by atoms with E-state index >= 15 is 0 Å². The summed E-state index contributed by atoms with van der Waals surface area (Å²) >= 11 is 0. The molecule has 0 aromatic heterocycles. The molecule has 0 spiro atoms. The second-order valence-corrected chi connectivity index (χ2v) is 4.64. The maximum Gasteiger partial charge on any atom is 0.326 e. The molecule has 0 saturated carbocycles. The summed E-state index contributed by atoms with van der Waals surface area (Å²) in [5.74, 6) is -1.85. The van der Waals surface area contributed by atoms with Crippen LogP contribution in [-0.2, 0) is 16.0 Å². The Hall–Kier alpha value is -2.37. The lowest BCUT2D eigenvalue weighted by Crippen LogP contribution is -2.42. The molecule has 6 nitrogen and oxygen atoms in total. The van der Waals surface area contributed by atoms with Crippen molar-refractivity contribution in [3.63, 3.8) is 0 Å². The van der Waals surface area contributed by atoms with Gasteiger partial charge in [-0.25, -0.2) is 4.79 Å². The first-order chi connectivity index (χ1) is 9.88. The van der Waals surface area contributed by atoms with Gasteiger partial charge < -0.3 is 15.5 Å². The molecular formula is C15H19NO5. The molecule has 1 amide bonds. The lowest BCUT2D eigenvalue weighted by molar-refractivity contribution is -0.141. The van der Waals surface area contributed by atoms with Crippen molar-refractivity contribution < 1.29 is 24.6 Å². The second-order valence-electron chi connectivity index (χ2n) is 4.64. The number of carboxylic acid groups (broad SMARTS) is 1. The molecule has 0 heterocycles. The average molecular weight is 293 g/mol.